The van der Waals surface area contributed by atoms with Crippen LogP contribution in [-0.2, 0) is 9.53 Å². The number of rotatable bonds is 12. The van der Waals surface area contributed by atoms with Gasteiger partial charge in [-0.05, 0) is 24.1 Å². The van der Waals surface area contributed by atoms with Crippen LogP contribution in [0.4, 0.5) is 0 Å². The molecular formula is C23H30N2O3. The molecule has 5 nitrogen and oxygen atoms in total. The quantitative estimate of drug-likeness (QED) is 0.323. The van der Waals surface area contributed by atoms with Gasteiger partial charge in [-0.1, -0.05) is 75.1 Å². The minimum Gasteiger partial charge on any atom is -0.493 e. The molecule has 5 heteroatoms. The van der Waals surface area contributed by atoms with Gasteiger partial charge in [0.15, 0.2) is 6.10 Å². The number of para-hydroxylation sites is 1. The standard InChI is InChI=1S/C23H30N2O3/c1-3-4-5-6-12-17-28-21-16-11-10-15-20(21)18-24-25-23(26)22(27-2)19-13-8-7-9-14-19/h7-11,13-16,18,22H,3-6,12,17H2,1-2H3,(H,25,26)/b24-18-/t22-/m1/s1. The number of nitrogens with one attached hydrogen (secondary N) is 1. The summed E-state index contributed by atoms with van der Waals surface area (Å²) in [4.78, 5) is 12.4. The molecule has 0 unspecified atom stereocenters. The number of benzene rings is 2. The monoisotopic (exact) mass is 382 g/mol. The van der Waals surface area contributed by atoms with Crippen molar-refractivity contribution in [2.75, 3.05) is 13.7 Å². The molecule has 0 fully saturated rings. The number of hydrazone groups is 1. The third kappa shape index (κ3) is 7.16. The molecule has 0 bridgehead atoms. The van der Waals surface area contributed by atoms with Gasteiger partial charge in [-0.2, -0.15) is 5.10 Å². The lowest BCUT2D eigenvalue weighted by molar-refractivity contribution is -0.131. The molecule has 1 atom stereocenters. The molecule has 28 heavy (non-hydrogen) atoms. The van der Waals surface area contributed by atoms with Crippen LogP contribution in [0.2, 0.25) is 0 Å². The molecule has 0 aromatic heterocycles. The van der Waals surface area contributed by atoms with E-state index in [0.29, 0.717) is 6.61 Å². The molecule has 1 N–H and O–H groups in total. The highest BCUT2D eigenvalue weighted by molar-refractivity contribution is 5.86. The predicted molar refractivity (Wildman–Crippen MR) is 113 cm³/mol. The van der Waals surface area contributed by atoms with Crippen LogP contribution >= 0.6 is 0 Å². The molecule has 0 spiro atoms. The Balaban J connectivity index is 1.88. The van der Waals surface area contributed by atoms with Crippen LogP contribution in [-0.4, -0.2) is 25.8 Å². The van der Waals surface area contributed by atoms with Gasteiger partial charge in [0, 0.05) is 12.7 Å². The van der Waals surface area contributed by atoms with Crippen LogP contribution in [0.1, 0.15) is 56.3 Å². The van der Waals surface area contributed by atoms with Gasteiger partial charge < -0.3 is 9.47 Å². The molecule has 0 aliphatic carbocycles. The molecule has 2 rings (SSSR count). The van der Waals surface area contributed by atoms with Gasteiger partial charge in [0.25, 0.3) is 5.91 Å². The number of carbonyl (C=O) groups excluding carboxylic acids is 1. The Kier molecular flexibility index (Phi) is 9.80. The van der Waals surface area contributed by atoms with E-state index >= 15 is 0 Å². The highest BCUT2D eigenvalue weighted by Gasteiger charge is 2.19. The number of carbonyl (C=O) groups is 1. The van der Waals surface area contributed by atoms with Crippen molar-refractivity contribution in [1.29, 1.82) is 0 Å². The number of nitrogens with zero attached hydrogens (tertiary/aromatic N) is 1. The van der Waals surface area contributed by atoms with Crippen molar-refractivity contribution in [1.82, 2.24) is 5.43 Å². The maximum Gasteiger partial charge on any atom is 0.273 e. The van der Waals surface area contributed by atoms with E-state index in [9.17, 15) is 4.79 Å². The van der Waals surface area contributed by atoms with E-state index in [4.69, 9.17) is 9.47 Å². The number of amides is 1. The molecule has 0 radical (unpaired) electrons. The molecule has 0 aliphatic heterocycles. The summed E-state index contributed by atoms with van der Waals surface area (Å²) in [6.07, 6.45) is 6.87. The fraction of sp³-hybridized carbons (Fsp3) is 0.391. The van der Waals surface area contributed by atoms with E-state index in [1.54, 1.807) is 6.21 Å². The summed E-state index contributed by atoms with van der Waals surface area (Å²) in [6, 6.07) is 17.0. The smallest absolute Gasteiger partial charge is 0.273 e. The largest absolute Gasteiger partial charge is 0.493 e. The first-order valence-corrected chi connectivity index (χ1v) is 9.88. The van der Waals surface area contributed by atoms with Gasteiger partial charge in [0.05, 0.1) is 12.8 Å². The van der Waals surface area contributed by atoms with Crippen LogP contribution in [0.3, 0.4) is 0 Å². The number of hydrogen-bond acceptors (Lipinski definition) is 4. The van der Waals surface area contributed by atoms with E-state index in [2.05, 4.69) is 17.5 Å². The van der Waals surface area contributed by atoms with E-state index in [1.807, 2.05) is 54.6 Å². The van der Waals surface area contributed by atoms with Crippen LogP contribution in [0.5, 0.6) is 5.75 Å². The lowest BCUT2D eigenvalue weighted by atomic mass is 10.1. The second kappa shape index (κ2) is 12.7. The van der Waals surface area contributed by atoms with Crippen molar-refractivity contribution in [3.8, 4) is 5.75 Å². The number of unbranched alkanes of at least 4 members (excludes halogenated alkanes) is 4. The van der Waals surface area contributed by atoms with Crippen molar-refractivity contribution in [2.45, 2.75) is 45.1 Å². The third-order valence-electron chi connectivity index (χ3n) is 4.38. The highest BCUT2D eigenvalue weighted by Crippen LogP contribution is 2.18. The average molecular weight is 383 g/mol. The first kappa shape index (κ1) is 21.6. The zero-order valence-corrected chi connectivity index (χ0v) is 16.8. The minimum absolute atomic E-state index is 0.320. The fourth-order valence-electron chi connectivity index (χ4n) is 2.85. The summed E-state index contributed by atoms with van der Waals surface area (Å²) in [5, 5.41) is 4.08. The second-order valence-electron chi connectivity index (χ2n) is 6.56. The fourth-order valence-corrected chi connectivity index (χ4v) is 2.85. The molecule has 0 saturated heterocycles. The van der Waals surface area contributed by atoms with E-state index in [-0.39, 0.29) is 5.91 Å². The van der Waals surface area contributed by atoms with Crippen molar-refractivity contribution < 1.29 is 14.3 Å². The van der Waals surface area contributed by atoms with Gasteiger partial charge in [0.2, 0.25) is 0 Å². The lowest BCUT2D eigenvalue weighted by Gasteiger charge is -2.13. The van der Waals surface area contributed by atoms with E-state index in [0.717, 1.165) is 23.3 Å². The molecule has 1 amide bonds. The second-order valence-corrected chi connectivity index (χ2v) is 6.56. The van der Waals surface area contributed by atoms with E-state index < -0.39 is 6.10 Å². The van der Waals surface area contributed by atoms with Crippen molar-refractivity contribution >= 4 is 12.1 Å². The molecular weight excluding hydrogens is 352 g/mol. The highest BCUT2D eigenvalue weighted by atomic mass is 16.5. The Morgan fingerprint density at radius 3 is 2.50 bits per heavy atom. The van der Waals surface area contributed by atoms with Crippen molar-refractivity contribution in [3.05, 3.63) is 65.7 Å². The molecule has 150 valence electrons. The topological polar surface area (TPSA) is 59.9 Å². The summed E-state index contributed by atoms with van der Waals surface area (Å²) in [7, 11) is 1.50. The molecule has 2 aromatic carbocycles. The van der Waals surface area contributed by atoms with Gasteiger partial charge >= 0.3 is 0 Å². The normalized spacial score (nSPS) is 12.1. The van der Waals surface area contributed by atoms with Crippen LogP contribution in [0.25, 0.3) is 0 Å². The zero-order chi connectivity index (χ0) is 20.0. The van der Waals surface area contributed by atoms with Gasteiger partial charge in [-0.25, -0.2) is 5.43 Å². The Labute approximate surface area is 167 Å². The molecule has 0 heterocycles. The van der Waals surface area contributed by atoms with Gasteiger partial charge in [0.1, 0.15) is 5.75 Å². The number of methoxy groups -OCH3 is 1. The number of hydrogen-bond donors (Lipinski definition) is 1. The first-order chi connectivity index (χ1) is 13.8. The Hall–Kier alpha value is -2.66. The van der Waals surface area contributed by atoms with E-state index in [1.165, 1.54) is 32.8 Å². The van der Waals surface area contributed by atoms with Crippen LogP contribution in [0, 0.1) is 0 Å². The minimum atomic E-state index is -0.701. The number of ether oxygens (including phenoxy) is 2. The van der Waals surface area contributed by atoms with Crippen LogP contribution in [0.15, 0.2) is 59.7 Å². The van der Waals surface area contributed by atoms with Crippen molar-refractivity contribution in [3.63, 3.8) is 0 Å². The summed E-state index contributed by atoms with van der Waals surface area (Å²) >= 11 is 0. The maximum absolute atomic E-state index is 12.4. The Morgan fingerprint density at radius 2 is 1.75 bits per heavy atom. The lowest BCUT2D eigenvalue weighted by Crippen LogP contribution is -2.26. The van der Waals surface area contributed by atoms with Gasteiger partial charge in [-0.15, -0.1) is 0 Å². The Bertz CT molecular complexity index is 732. The summed E-state index contributed by atoms with van der Waals surface area (Å²) < 4.78 is 11.2. The van der Waals surface area contributed by atoms with Crippen molar-refractivity contribution in [2.24, 2.45) is 5.10 Å². The SMILES string of the molecule is CCCCCCCOc1ccccc1/C=N\NC(=O)[C@H](OC)c1ccccc1. The molecule has 2 aromatic rings. The molecule has 0 saturated carbocycles. The maximum atomic E-state index is 12.4. The third-order valence-corrected chi connectivity index (χ3v) is 4.38. The van der Waals surface area contributed by atoms with Crippen LogP contribution < -0.4 is 10.2 Å². The predicted octanol–water partition coefficient (Wildman–Crippen LogP) is 4.87. The summed E-state index contributed by atoms with van der Waals surface area (Å²) in [5.74, 6) is 0.446. The molecule has 0 aliphatic rings. The van der Waals surface area contributed by atoms with Gasteiger partial charge in [-0.3, -0.25) is 4.79 Å². The average Bonchev–Trinajstić information content (AvgIpc) is 2.73. The zero-order valence-electron chi connectivity index (χ0n) is 16.8. The summed E-state index contributed by atoms with van der Waals surface area (Å²) in [5.41, 5.74) is 4.15. The Morgan fingerprint density at radius 1 is 1.04 bits per heavy atom. The first-order valence-electron chi connectivity index (χ1n) is 9.88. The summed E-state index contributed by atoms with van der Waals surface area (Å²) in [6.45, 7) is 2.89.